The Morgan fingerprint density at radius 2 is 1.92 bits per heavy atom. The first-order valence-electron chi connectivity index (χ1n) is 3.49. The van der Waals surface area contributed by atoms with Crippen molar-refractivity contribution in [3.05, 3.63) is 0 Å². The smallest absolute Gasteiger partial charge is 0.108 e. The van der Waals surface area contributed by atoms with Gasteiger partial charge in [0.2, 0.25) is 0 Å². The van der Waals surface area contributed by atoms with Crippen LogP contribution < -0.4 is 5.11 Å². The van der Waals surface area contributed by atoms with Crippen molar-refractivity contribution in [3.63, 3.8) is 0 Å². The van der Waals surface area contributed by atoms with Crippen molar-refractivity contribution < 1.29 is 52.2 Å². The van der Waals surface area contributed by atoms with Gasteiger partial charge in [0.15, 0.2) is 0 Å². The Hall–Kier alpha value is 0.494. The molecule has 0 saturated heterocycles. The number of carbonyl (C=O) groups excluding carboxylic acids is 1. The van der Waals surface area contributed by atoms with Crippen molar-refractivity contribution in [2.75, 3.05) is 27.7 Å². The number of nitrogens with zero attached hydrogens (tertiary/aromatic N) is 1. The van der Waals surface area contributed by atoms with E-state index in [2.05, 4.69) is 0 Å². The zero-order valence-electron chi connectivity index (χ0n) is 7.78. The van der Waals surface area contributed by atoms with Crippen LogP contribution in [0.2, 0.25) is 0 Å². The van der Waals surface area contributed by atoms with E-state index in [4.69, 9.17) is 5.11 Å². The molecule has 0 fully saturated rings. The molecule has 0 aromatic rings. The zero-order valence-corrected chi connectivity index (χ0v) is 10.6. The number of aliphatic carboxylic acids is 1. The van der Waals surface area contributed by atoms with E-state index >= 15 is 0 Å². The van der Waals surface area contributed by atoms with Crippen LogP contribution in [-0.2, 0) is 37.5 Å². The predicted molar refractivity (Wildman–Crippen MR) is 38.5 cm³/mol. The van der Waals surface area contributed by atoms with Crippen LogP contribution >= 0.6 is 0 Å². The molecular formula is C7H15NO3Y. The Morgan fingerprint density at radius 3 is 2.17 bits per heavy atom. The van der Waals surface area contributed by atoms with E-state index in [1.807, 2.05) is 21.1 Å². The third-order valence-corrected chi connectivity index (χ3v) is 1.16. The van der Waals surface area contributed by atoms with Crippen molar-refractivity contribution in [3.8, 4) is 0 Å². The molecule has 0 rings (SSSR count). The normalized spacial score (nSPS) is 13.3. The molecule has 0 amide bonds. The number of carboxylic acid groups (broad SMARTS) is 1. The zero-order chi connectivity index (χ0) is 9.07. The van der Waals surface area contributed by atoms with Gasteiger partial charge in [-0.1, -0.05) is 0 Å². The minimum atomic E-state index is -1.20. The van der Waals surface area contributed by atoms with Crippen molar-refractivity contribution in [1.29, 1.82) is 0 Å². The topological polar surface area (TPSA) is 60.4 Å². The Morgan fingerprint density at radius 1 is 1.50 bits per heavy atom. The maximum Gasteiger partial charge on any atom is 0.108 e. The summed E-state index contributed by atoms with van der Waals surface area (Å²) in [5.74, 6) is -1.20. The summed E-state index contributed by atoms with van der Waals surface area (Å²) in [6.45, 7) is 0.425. The number of hydrogen-bond acceptors (Lipinski definition) is 3. The molecule has 4 nitrogen and oxygen atoms in total. The molecule has 0 heterocycles. The SMILES string of the molecule is C[N+](C)(C)CC(O)CC(=O)[O-].[Y]. The fourth-order valence-corrected chi connectivity index (χ4v) is 0.889. The van der Waals surface area contributed by atoms with Crippen LogP contribution in [0.3, 0.4) is 0 Å². The van der Waals surface area contributed by atoms with Gasteiger partial charge in [0.1, 0.15) is 12.6 Å². The maximum absolute atomic E-state index is 10.0. The quantitative estimate of drug-likeness (QED) is 0.598. The van der Waals surface area contributed by atoms with Gasteiger partial charge in [0.05, 0.1) is 21.1 Å². The molecule has 12 heavy (non-hydrogen) atoms. The summed E-state index contributed by atoms with van der Waals surface area (Å²) in [7, 11) is 5.66. The van der Waals surface area contributed by atoms with Crippen LogP contribution in [0.1, 0.15) is 6.42 Å². The molecule has 1 N–H and O–H groups in total. The van der Waals surface area contributed by atoms with Crippen LogP contribution in [-0.4, -0.2) is 49.4 Å². The Kier molecular flexibility index (Phi) is 7.53. The molecule has 0 saturated carbocycles. The number of hydrogen-bond donors (Lipinski definition) is 1. The predicted octanol–water partition coefficient (Wildman–Crippen LogP) is -1.81. The van der Waals surface area contributed by atoms with Crippen LogP contribution in [0.25, 0.3) is 0 Å². The first-order chi connectivity index (χ1) is 4.81. The van der Waals surface area contributed by atoms with Crippen molar-refractivity contribution in [1.82, 2.24) is 0 Å². The van der Waals surface area contributed by atoms with Crippen LogP contribution in [0.5, 0.6) is 0 Å². The standard InChI is InChI=1S/C7H15NO3.Y/c1-8(2,3)5-6(9)4-7(10)11;/h6,9H,4-5H2,1-3H3;. The molecule has 0 aromatic carbocycles. The van der Waals surface area contributed by atoms with E-state index in [0.717, 1.165) is 0 Å². The number of rotatable bonds is 4. The minimum Gasteiger partial charge on any atom is -0.550 e. The molecule has 0 aromatic heterocycles. The van der Waals surface area contributed by atoms with Crippen molar-refractivity contribution in [2.24, 2.45) is 0 Å². The maximum atomic E-state index is 10.0. The number of quaternary nitrogens is 1. The number of likely N-dealkylation sites (N-methyl/N-ethyl adjacent to an activating group) is 1. The van der Waals surface area contributed by atoms with Crippen LogP contribution in [0.15, 0.2) is 0 Å². The van der Waals surface area contributed by atoms with E-state index < -0.39 is 12.1 Å². The summed E-state index contributed by atoms with van der Waals surface area (Å²) in [6, 6.07) is 0. The first kappa shape index (κ1) is 15.0. The molecular weight excluding hydrogens is 235 g/mol. The third kappa shape index (κ3) is 10.5. The summed E-state index contributed by atoms with van der Waals surface area (Å²) >= 11 is 0. The molecule has 1 radical (unpaired) electrons. The summed E-state index contributed by atoms with van der Waals surface area (Å²) in [6.07, 6.45) is -1.09. The van der Waals surface area contributed by atoms with E-state index in [-0.39, 0.29) is 39.1 Å². The average Bonchev–Trinajstić information content (AvgIpc) is 1.53. The second kappa shape index (κ2) is 6.03. The molecule has 5 heteroatoms. The summed E-state index contributed by atoms with van der Waals surface area (Å²) < 4.78 is 0.550. The molecule has 69 valence electrons. The summed E-state index contributed by atoms with van der Waals surface area (Å²) in [5.41, 5.74) is 0. The van der Waals surface area contributed by atoms with Gasteiger partial charge >= 0.3 is 0 Å². The van der Waals surface area contributed by atoms with Crippen molar-refractivity contribution >= 4 is 5.97 Å². The van der Waals surface area contributed by atoms with E-state index in [0.29, 0.717) is 11.0 Å². The average molecular weight is 250 g/mol. The number of carbonyl (C=O) groups is 1. The van der Waals surface area contributed by atoms with Gasteiger partial charge in [-0.15, -0.1) is 0 Å². The first-order valence-corrected chi connectivity index (χ1v) is 3.49. The van der Waals surface area contributed by atoms with Gasteiger partial charge in [-0.05, 0) is 0 Å². The fourth-order valence-electron chi connectivity index (χ4n) is 0.889. The minimum absolute atomic E-state index is 0. The van der Waals surface area contributed by atoms with Gasteiger partial charge in [0, 0.05) is 45.1 Å². The van der Waals surface area contributed by atoms with Crippen LogP contribution in [0.4, 0.5) is 0 Å². The van der Waals surface area contributed by atoms with Gasteiger partial charge in [-0.2, -0.15) is 0 Å². The summed E-state index contributed by atoms with van der Waals surface area (Å²) in [5, 5.41) is 19.1. The number of carboxylic acids is 1. The fraction of sp³-hybridized carbons (Fsp3) is 0.857. The van der Waals surface area contributed by atoms with E-state index in [1.165, 1.54) is 0 Å². The Balaban J connectivity index is 0. The number of aliphatic hydroxyl groups excluding tert-OH is 1. The number of aliphatic hydroxyl groups is 1. The van der Waals surface area contributed by atoms with Crippen LogP contribution in [0, 0.1) is 0 Å². The molecule has 0 aliphatic heterocycles. The van der Waals surface area contributed by atoms with Gasteiger partial charge in [-0.3, -0.25) is 0 Å². The van der Waals surface area contributed by atoms with Crippen molar-refractivity contribution in [2.45, 2.75) is 12.5 Å². The molecule has 1 unspecified atom stereocenters. The van der Waals surface area contributed by atoms with Gasteiger partial charge < -0.3 is 19.5 Å². The molecule has 1 atom stereocenters. The van der Waals surface area contributed by atoms with Gasteiger partial charge in [0.25, 0.3) is 0 Å². The van der Waals surface area contributed by atoms with E-state index in [9.17, 15) is 9.90 Å². The van der Waals surface area contributed by atoms with E-state index in [1.54, 1.807) is 0 Å². The molecule has 0 spiro atoms. The largest absolute Gasteiger partial charge is 0.550 e. The second-order valence-corrected chi connectivity index (χ2v) is 3.70. The molecule has 0 aliphatic carbocycles. The monoisotopic (exact) mass is 250 g/mol. The third-order valence-electron chi connectivity index (χ3n) is 1.16. The summed E-state index contributed by atoms with van der Waals surface area (Å²) in [4.78, 5) is 10.0. The van der Waals surface area contributed by atoms with Gasteiger partial charge in [-0.25, -0.2) is 0 Å². The molecule has 0 aliphatic rings. The second-order valence-electron chi connectivity index (χ2n) is 3.70. The Bertz CT molecular complexity index is 144. The Labute approximate surface area is 98.0 Å². The molecule has 0 bridgehead atoms.